The summed E-state index contributed by atoms with van der Waals surface area (Å²) in [5.74, 6) is 0.847. The zero-order valence-electron chi connectivity index (χ0n) is 17.4. The number of aromatic nitrogens is 2. The van der Waals surface area contributed by atoms with Crippen LogP contribution in [0.5, 0.6) is 0 Å². The number of anilines is 3. The Hall–Kier alpha value is -2.92. The maximum atomic E-state index is 4.56. The smallest absolute Gasteiger partial charge is 0.143 e. The van der Waals surface area contributed by atoms with E-state index in [1.54, 1.807) is 17.7 Å². The molecule has 0 fully saturated rings. The summed E-state index contributed by atoms with van der Waals surface area (Å²) >= 11 is 1.66. The summed E-state index contributed by atoms with van der Waals surface area (Å²) in [6.45, 7) is 10.7. The van der Waals surface area contributed by atoms with Gasteiger partial charge < -0.3 is 10.2 Å². The van der Waals surface area contributed by atoms with Crippen molar-refractivity contribution in [3.63, 3.8) is 0 Å². The second-order valence-electron chi connectivity index (χ2n) is 7.20. The van der Waals surface area contributed by atoms with E-state index in [1.165, 1.54) is 27.9 Å². The van der Waals surface area contributed by atoms with Crippen molar-refractivity contribution in [2.24, 2.45) is 0 Å². The summed E-state index contributed by atoms with van der Waals surface area (Å²) in [6.07, 6.45) is 1.63. The molecule has 2 aromatic heterocycles. The minimum Gasteiger partial charge on any atom is -0.372 e. The summed E-state index contributed by atoms with van der Waals surface area (Å²) < 4.78 is 0. The molecule has 0 atom stereocenters. The van der Waals surface area contributed by atoms with Crippen molar-refractivity contribution in [2.45, 2.75) is 27.7 Å². The van der Waals surface area contributed by atoms with Crippen LogP contribution in [0.2, 0.25) is 0 Å². The highest BCUT2D eigenvalue weighted by Gasteiger charge is 2.14. The van der Waals surface area contributed by atoms with Gasteiger partial charge in [0.15, 0.2) is 0 Å². The van der Waals surface area contributed by atoms with Gasteiger partial charge in [-0.15, -0.1) is 11.3 Å². The Bertz CT molecular complexity index is 1130. The van der Waals surface area contributed by atoms with Gasteiger partial charge in [-0.1, -0.05) is 18.2 Å². The third-order valence-corrected chi connectivity index (χ3v) is 6.33. The Balaban J connectivity index is 1.71. The van der Waals surface area contributed by atoms with E-state index in [9.17, 15) is 0 Å². The van der Waals surface area contributed by atoms with Crippen molar-refractivity contribution in [1.82, 2.24) is 9.97 Å². The molecule has 4 aromatic rings. The third-order valence-electron chi connectivity index (χ3n) is 5.45. The minimum atomic E-state index is 0.847. The first kappa shape index (κ1) is 19.4. The number of thiophene rings is 1. The first-order chi connectivity index (χ1) is 14.1. The van der Waals surface area contributed by atoms with Crippen molar-refractivity contribution < 1.29 is 0 Å². The molecule has 2 aromatic carbocycles. The Kier molecular flexibility index (Phi) is 5.49. The van der Waals surface area contributed by atoms with Gasteiger partial charge in [0.2, 0.25) is 0 Å². The first-order valence-corrected chi connectivity index (χ1v) is 10.9. The van der Waals surface area contributed by atoms with Crippen LogP contribution in [-0.4, -0.2) is 23.1 Å². The molecule has 0 aliphatic carbocycles. The van der Waals surface area contributed by atoms with Crippen LogP contribution in [0.25, 0.3) is 21.3 Å². The first-order valence-electron chi connectivity index (χ1n) is 10.0. The van der Waals surface area contributed by atoms with Crippen LogP contribution in [0.3, 0.4) is 0 Å². The quantitative estimate of drug-likeness (QED) is 0.396. The molecule has 0 amide bonds. The van der Waals surface area contributed by atoms with E-state index in [1.807, 2.05) is 0 Å². The second kappa shape index (κ2) is 8.21. The summed E-state index contributed by atoms with van der Waals surface area (Å²) in [7, 11) is 0. The van der Waals surface area contributed by atoms with Gasteiger partial charge in [0.25, 0.3) is 0 Å². The summed E-state index contributed by atoms with van der Waals surface area (Å²) in [4.78, 5) is 12.4. The lowest BCUT2D eigenvalue weighted by Gasteiger charge is -2.21. The predicted octanol–water partition coefficient (Wildman–Crippen LogP) is 6.56. The number of fused-ring (bicyclic) bond motifs is 1. The zero-order valence-corrected chi connectivity index (χ0v) is 18.2. The molecule has 5 heteroatoms. The van der Waals surface area contributed by atoms with Gasteiger partial charge in [0.1, 0.15) is 17.0 Å². The maximum Gasteiger partial charge on any atom is 0.143 e. The van der Waals surface area contributed by atoms with E-state index >= 15 is 0 Å². The van der Waals surface area contributed by atoms with Gasteiger partial charge >= 0.3 is 0 Å². The number of aryl methyl sites for hydroxylation is 2. The molecular formula is C24H26N4S. The van der Waals surface area contributed by atoms with E-state index in [4.69, 9.17) is 0 Å². The molecule has 0 radical (unpaired) electrons. The fraction of sp³-hybridized carbons (Fsp3) is 0.250. The third kappa shape index (κ3) is 3.83. The molecule has 0 saturated carbocycles. The Morgan fingerprint density at radius 2 is 1.69 bits per heavy atom. The average molecular weight is 403 g/mol. The van der Waals surface area contributed by atoms with Gasteiger partial charge in [-0.05, 0) is 68.7 Å². The van der Waals surface area contributed by atoms with Gasteiger partial charge in [-0.3, -0.25) is 0 Å². The molecular weight excluding hydrogens is 376 g/mol. The lowest BCUT2D eigenvalue weighted by molar-refractivity contribution is 0.866. The maximum absolute atomic E-state index is 4.56. The second-order valence-corrected chi connectivity index (χ2v) is 8.05. The van der Waals surface area contributed by atoms with Crippen LogP contribution < -0.4 is 10.2 Å². The monoisotopic (exact) mass is 402 g/mol. The van der Waals surface area contributed by atoms with Crippen LogP contribution in [0, 0.1) is 13.8 Å². The van der Waals surface area contributed by atoms with E-state index in [2.05, 4.69) is 95.7 Å². The highest BCUT2D eigenvalue weighted by molar-refractivity contribution is 7.17. The molecule has 0 saturated heterocycles. The molecule has 2 heterocycles. The molecule has 148 valence electrons. The molecule has 0 spiro atoms. The predicted molar refractivity (Wildman–Crippen MR) is 126 cm³/mol. The fourth-order valence-electron chi connectivity index (χ4n) is 3.57. The molecule has 0 aliphatic rings. The van der Waals surface area contributed by atoms with Crippen molar-refractivity contribution in [1.29, 1.82) is 0 Å². The molecule has 4 nitrogen and oxygen atoms in total. The SMILES string of the molecule is CCN(CC)c1ccc(Nc2ncnc3scc(-c4ccc(C)c(C)c4)c23)cc1. The largest absolute Gasteiger partial charge is 0.372 e. The summed E-state index contributed by atoms with van der Waals surface area (Å²) in [6, 6.07) is 15.1. The fourth-order valence-corrected chi connectivity index (χ4v) is 4.49. The Morgan fingerprint density at radius 1 is 0.931 bits per heavy atom. The zero-order chi connectivity index (χ0) is 20.4. The molecule has 29 heavy (non-hydrogen) atoms. The molecule has 4 rings (SSSR count). The van der Waals surface area contributed by atoms with E-state index in [0.29, 0.717) is 0 Å². The van der Waals surface area contributed by atoms with E-state index < -0.39 is 0 Å². The van der Waals surface area contributed by atoms with Gasteiger partial charge in [-0.25, -0.2) is 9.97 Å². The Morgan fingerprint density at radius 3 is 2.38 bits per heavy atom. The van der Waals surface area contributed by atoms with Crippen LogP contribution in [0.1, 0.15) is 25.0 Å². The van der Waals surface area contributed by atoms with Crippen molar-refractivity contribution in [3.8, 4) is 11.1 Å². The molecule has 0 bridgehead atoms. The molecule has 0 aliphatic heterocycles. The molecule has 0 unspecified atom stereocenters. The minimum absolute atomic E-state index is 0.847. The summed E-state index contributed by atoms with van der Waals surface area (Å²) in [5, 5.41) is 6.76. The van der Waals surface area contributed by atoms with E-state index in [0.717, 1.165) is 34.8 Å². The summed E-state index contributed by atoms with van der Waals surface area (Å²) in [5.41, 5.74) is 7.24. The van der Waals surface area contributed by atoms with Crippen LogP contribution in [-0.2, 0) is 0 Å². The van der Waals surface area contributed by atoms with Crippen LogP contribution in [0.4, 0.5) is 17.2 Å². The van der Waals surface area contributed by atoms with Crippen LogP contribution >= 0.6 is 11.3 Å². The number of benzene rings is 2. The van der Waals surface area contributed by atoms with Gasteiger partial charge in [0.05, 0.1) is 5.39 Å². The van der Waals surface area contributed by atoms with Gasteiger partial charge in [-0.2, -0.15) is 0 Å². The number of nitrogens with zero attached hydrogens (tertiary/aromatic N) is 3. The lowest BCUT2D eigenvalue weighted by atomic mass is 10.0. The lowest BCUT2D eigenvalue weighted by Crippen LogP contribution is -2.21. The van der Waals surface area contributed by atoms with Crippen molar-refractivity contribution in [3.05, 3.63) is 65.3 Å². The number of hydrogen-bond acceptors (Lipinski definition) is 5. The van der Waals surface area contributed by atoms with Gasteiger partial charge in [0, 0.05) is 35.4 Å². The molecule has 1 N–H and O–H groups in total. The number of nitrogens with one attached hydrogen (secondary N) is 1. The van der Waals surface area contributed by atoms with Crippen molar-refractivity contribution in [2.75, 3.05) is 23.3 Å². The Labute approximate surface area is 176 Å². The number of rotatable bonds is 6. The standard InChI is InChI=1S/C24H26N4S/c1-5-28(6-2)20-11-9-19(10-12-20)27-23-22-21(14-29-24(22)26-15-25-23)18-8-7-16(3)17(4)13-18/h7-15H,5-6H2,1-4H3,(H,25,26,27). The topological polar surface area (TPSA) is 41.0 Å². The highest BCUT2D eigenvalue weighted by Crippen LogP contribution is 2.38. The van der Waals surface area contributed by atoms with E-state index in [-0.39, 0.29) is 0 Å². The highest BCUT2D eigenvalue weighted by atomic mass is 32.1. The van der Waals surface area contributed by atoms with Crippen molar-refractivity contribution >= 4 is 38.7 Å². The normalized spacial score (nSPS) is 11.0. The number of hydrogen-bond donors (Lipinski definition) is 1. The van der Waals surface area contributed by atoms with Crippen LogP contribution in [0.15, 0.2) is 54.2 Å². The average Bonchev–Trinajstić information content (AvgIpc) is 3.17.